The fourth-order valence-corrected chi connectivity index (χ4v) is 0.916. The van der Waals surface area contributed by atoms with Gasteiger partial charge in [-0.2, -0.15) is 8.78 Å². The van der Waals surface area contributed by atoms with E-state index in [1.54, 1.807) is 0 Å². The highest BCUT2D eigenvalue weighted by Crippen LogP contribution is 2.30. The Labute approximate surface area is 70.8 Å². The van der Waals surface area contributed by atoms with Gasteiger partial charge in [-0.15, -0.1) is 0 Å². The van der Waals surface area contributed by atoms with Gasteiger partial charge >= 0.3 is 6.11 Å². The van der Waals surface area contributed by atoms with Crippen molar-refractivity contribution < 1.29 is 18.3 Å². The van der Waals surface area contributed by atoms with Crippen molar-refractivity contribution in [2.24, 2.45) is 5.41 Å². The molecule has 12 heavy (non-hydrogen) atoms. The molecule has 1 fully saturated rings. The van der Waals surface area contributed by atoms with E-state index >= 15 is 0 Å². The quantitative estimate of drug-likeness (QED) is 0.659. The van der Waals surface area contributed by atoms with Gasteiger partial charge < -0.3 is 9.47 Å². The maximum atomic E-state index is 12.6. The molecule has 0 aromatic carbocycles. The van der Waals surface area contributed by atoms with E-state index < -0.39 is 6.11 Å². The van der Waals surface area contributed by atoms with Gasteiger partial charge in [0.2, 0.25) is 0 Å². The third-order valence-electron chi connectivity index (χ3n) is 1.94. The van der Waals surface area contributed by atoms with Crippen LogP contribution < -0.4 is 0 Å². The lowest BCUT2D eigenvalue weighted by Gasteiger charge is -2.38. The van der Waals surface area contributed by atoms with Gasteiger partial charge in [-0.05, 0) is 0 Å². The molecule has 72 valence electrons. The molecule has 1 aliphatic heterocycles. The summed E-state index contributed by atoms with van der Waals surface area (Å²) < 4.78 is 34.5. The summed E-state index contributed by atoms with van der Waals surface area (Å²) in [6, 6.07) is 0. The summed E-state index contributed by atoms with van der Waals surface area (Å²) in [6.45, 7) is 4.40. The number of hydrogen-bond donors (Lipinski definition) is 0. The zero-order chi connectivity index (χ0) is 9.24. The maximum absolute atomic E-state index is 12.6. The normalized spacial score (nSPS) is 22.0. The number of alkyl halides is 2. The average Bonchev–Trinajstić information content (AvgIpc) is 1.98. The lowest BCUT2D eigenvalue weighted by Crippen LogP contribution is -2.45. The molecule has 0 atom stereocenters. The largest absolute Gasteiger partial charge is 0.380 e. The summed E-state index contributed by atoms with van der Waals surface area (Å²) >= 11 is 0. The minimum atomic E-state index is -2.97. The van der Waals surface area contributed by atoms with Crippen molar-refractivity contribution in [2.75, 3.05) is 19.8 Å². The second-order valence-electron chi connectivity index (χ2n) is 3.58. The van der Waals surface area contributed by atoms with Crippen molar-refractivity contribution in [1.82, 2.24) is 0 Å². The molecule has 0 spiro atoms. The molecule has 2 nitrogen and oxygen atoms in total. The van der Waals surface area contributed by atoms with Crippen LogP contribution in [0.5, 0.6) is 0 Å². The molecule has 1 saturated heterocycles. The summed E-state index contributed by atoms with van der Waals surface area (Å²) in [5.74, 6) is 0. The van der Waals surface area contributed by atoms with Gasteiger partial charge in [-0.1, -0.05) is 13.8 Å². The first-order chi connectivity index (χ1) is 5.47. The van der Waals surface area contributed by atoms with E-state index in [1.807, 2.05) is 6.92 Å². The van der Waals surface area contributed by atoms with Crippen LogP contribution in [-0.4, -0.2) is 25.9 Å². The highest BCUT2D eigenvalue weighted by Gasteiger charge is 2.38. The molecule has 0 N–H and O–H groups in total. The van der Waals surface area contributed by atoms with Crippen LogP contribution in [0.3, 0.4) is 0 Å². The Balaban J connectivity index is 2.24. The summed E-state index contributed by atoms with van der Waals surface area (Å²) in [5, 5.41) is 0. The summed E-state index contributed by atoms with van der Waals surface area (Å²) in [7, 11) is 0. The molecular formula is C8H14F2O2. The van der Waals surface area contributed by atoms with Crippen LogP contribution in [0, 0.1) is 5.41 Å². The Morgan fingerprint density at radius 1 is 1.50 bits per heavy atom. The third-order valence-corrected chi connectivity index (χ3v) is 1.94. The number of halogens is 2. The van der Waals surface area contributed by atoms with Crippen LogP contribution >= 0.6 is 0 Å². The molecule has 0 radical (unpaired) electrons. The number of ether oxygens (including phenoxy) is 2. The van der Waals surface area contributed by atoms with E-state index in [-0.39, 0.29) is 18.4 Å². The lowest BCUT2D eigenvalue weighted by atomic mass is 9.90. The van der Waals surface area contributed by atoms with Gasteiger partial charge in [-0.3, -0.25) is 0 Å². The Hall–Kier alpha value is -0.220. The highest BCUT2D eigenvalue weighted by molar-refractivity contribution is 4.80. The minimum Gasteiger partial charge on any atom is -0.380 e. The molecule has 4 heteroatoms. The molecular weight excluding hydrogens is 166 g/mol. The number of hydrogen-bond acceptors (Lipinski definition) is 2. The zero-order valence-corrected chi connectivity index (χ0v) is 7.40. The van der Waals surface area contributed by atoms with Crippen LogP contribution in [0.25, 0.3) is 0 Å². The molecule has 0 aromatic rings. The average molecular weight is 180 g/mol. The fourth-order valence-electron chi connectivity index (χ4n) is 0.916. The third kappa shape index (κ3) is 2.38. The van der Waals surface area contributed by atoms with Gasteiger partial charge in [0.05, 0.1) is 19.8 Å². The standard InChI is InChI=1S/C8H14F2O2/c1-3-8(9,10)12-6-7(2)4-11-5-7/h3-6H2,1-2H3. The molecule has 1 heterocycles. The molecule has 1 rings (SSSR count). The van der Waals surface area contributed by atoms with E-state index in [9.17, 15) is 8.78 Å². The van der Waals surface area contributed by atoms with Crippen molar-refractivity contribution in [3.63, 3.8) is 0 Å². The van der Waals surface area contributed by atoms with Crippen LogP contribution in [0.15, 0.2) is 0 Å². The van der Waals surface area contributed by atoms with Crippen molar-refractivity contribution in [1.29, 1.82) is 0 Å². The van der Waals surface area contributed by atoms with Crippen LogP contribution in [0.4, 0.5) is 8.78 Å². The first-order valence-electron chi connectivity index (χ1n) is 4.07. The summed E-state index contributed by atoms with van der Waals surface area (Å²) in [6.07, 6.45) is -3.25. The summed E-state index contributed by atoms with van der Waals surface area (Å²) in [4.78, 5) is 0. The molecule has 0 aliphatic carbocycles. The Kier molecular flexibility index (Phi) is 2.68. The van der Waals surface area contributed by atoms with Crippen molar-refractivity contribution in [3.8, 4) is 0 Å². The minimum absolute atomic E-state index is 0.0772. The van der Waals surface area contributed by atoms with Gasteiger partial charge in [0, 0.05) is 11.8 Å². The van der Waals surface area contributed by atoms with E-state index in [4.69, 9.17) is 4.74 Å². The second kappa shape index (κ2) is 3.26. The molecule has 0 bridgehead atoms. The summed E-state index contributed by atoms with van der Waals surface area (Å²) in [5.41, 5.74) is -0.196. The smallest absolute Gasteiger partial charge is 0.355 e. The van der Waals surface area contributed by atoms with Gasteiger partial charge in [0.15, 0.2) is 0 Å². The first-order valence-corrected chi connectivity index (χ1v) is 4.07. The van der Waals surface area contributed by atoms with E-state index in [2.05, 4.69) is 4.74 Å². The molecule has 0 saturated carbocycles. The van der Waals surface area contributed by atoms with E-state index in [0.29, 0.717) is 13.2 Å². The van der Waals surface area contributed by atoms with Crippen molar-refractivity contribution in [3.05, 3.63) is 0 Å². The van der Waals surface area contributed by atoms with Gasteiger partial charge in [-0.25, -0.2) is 0 Å². The lowest BCUT2D eigenvalue weighted by molar-refractivity contribution is -0.271. The van der Waals surface area contributed by atoms with Crippen molar-refractivity contribution >= 4 is 0 Å². The number of rotatable bonds is 4. The SMILES string of the molecule is CCC(F)(F)OCC1(C)COC1. The fraction of sp³-hybridized carbons (Fsp3) is 1.00. The molecule has 1 aliphatic rings. The molecule has 0 aromatic heterocycles. The Bertz CT molecular complexity index is 144. The topological polar surface area (TPSA) is 18.5 Å². The Morgan fingerprint density at radius 3 is 2.42 bits per heavy atom. The van der Waals surface area contributed by atoms with E-state index in [0.717, 1.165) is 0 Å². The maximum Gasteiger partial charge on any atom is 0.355 e. The van der Waals surface area contributed by atoms with Gasteiger partial charge in [0.25, 0.3) is 0 Å². The predicted octanol–water partition coefficient (Wildman–Crippen LogP) is 2.04. The van der Waals surface area contributed by atoms with E-state index in [1.165, 1.54) is 6.92 Å². The molecule has 0 unspecified atom stereocenters. The predicted molar refractivity (Wildman–Crippen MR) is 40.1 cm³/mol. The van der Waals surface area contributed by atoms with Crippen LogP contribution in [0.2, 0.25) is 0 Å². The highest BCUT2D eigenvalue weighted by atomic mass is 19.3. The van der Waals surface area contributed by atoms with Crippen molar-refractivity contribution in [2.45, 2.75) is 26.4 Å². The molecule has 0 amide bonds. The van der Waals surface area contributed by atoms with Crippen LogP contribution in [-0.2, 0) is 9.47 Å². The van der Waals surface area contributed by atoms with Crippen LogP contribution in [0.1, 0.15) is 20.3 Å². The first kappa shape index (κ1) is 9.86. The van der Waals surface area contributed by atoms with Gasteiger partial charge in [0.1, 0.15) is 0 Å². The Morgan fingerprint density at radius 2 is 2.08 bits per heavy atom. The monoisotopic (exact) mass is 180 g/mol. The second-order valence-corrected chi connectivity index (χ2v) is 3.58. The zero-order valence-electron chi connectivity index (χ0n) is 7.40.